The first kappa shape index (κ1) is 25.2. The minimum Gasteiger partial charge on any atom is -0.491 e. The molecule has 190 valence electrons. The van der Waals surface area contributed by atoms with E-state index in [1.54, 1.807) is 31.2 Å². The van der Waals surface area contributed by atoms with Gasteiger partial charge in [0.2, 0.25) is 5.91 Å². The Balaban J connectivity index is 1.28. The Morgan fingerprint density at radius 1 is 1.25 bits per heavy atom. The molecule has 1 amide bonds. The van der Waals surface area contributed by atoms with E-state index in [-0.39, 0.29) is 35.1 Å². The van der Waals surface area contributed by atoms with E-state index in [9.17, 15) is 13.2 Å². The minimum atomic E-state index is -3.26. The average Bonchev–Trinajstić information content (AvgIpc) is 3.50. The van der Waals surface area contributed by atoms with Crippen LogP contribution in [0, 0.1) is 5.92 Å². The average molecular weight is 546 g/mol. The zero-order valence-corrected chi connectivity index (χ0v) is 22.7. The molecule has 2 atom stereocenters. The molecule has 1 N–H and O–H groups in total. The van der Waals surface area contributed by atoms with Crippen molar-refractivity contribution in [1.82, 2.24) is 9.88 Å². The summed E-state index contributed by atoms with van der Waals surface area (Å²) in [6.45, 7) is 7.31. The van der Waals surface area contributed by atoms with Gasteiger partial charge in [-0.1, -0.05) is 50.6 Å². The van der Waals surface area contributed by atoms with Crippen LogP contribution < -0.4 is 10.1 Å². The van der Waals surface area contributed by atoms with Gasteiger partial charge in [0.25, 0.3) is 0 Å². The molecule has 0 radical (unpaired) electrons. The highest BCUT2D eigenvalue weighted by molar-refractivity contribution is 7.91. The zero-order valence-electron chi connectivity index (χ0n) is 20.3. The molecule has 7 nitrogen and oxygen atoms in total. The summed E-state index contributed by atoms with van der Waals surface area (Å²) in [6.07, 6.45) is 0.148. The van der Waals surface area contributed by atoms with Crippen molar-refractivity contribution in [1.29, 1.82) is 0 Å². The summed E-state index contributed by atoms with van der Waals surface area (Å²) < 4.78 is 29.9. The second kappa shape index (κ2) is 9.78. The summed E-state index contributed by atoms with van der Waals surface area (Å²) in [7, 11) is -3.26. The summed E-state index contributed by atoms with van der Waals surface area (Å²) >= 11 is 7.66. The van der Waals surface area contributed by atoms with E-state index < -0.39 is 9.84 Å². The van der Waals surface area contributed by atoms with Crippen molar-refractivity contribution < 1.29 is 17.9 Å². The quantitative estimate of drug-likeness (QED) is 0.426. The van der Waals surface area contributed by atoms with Crippen molar-refractivity contribution in [2.24, 2.45) is 5.92 Å². The third-order valence-electron chi connectivity index (χ3n) is 6.73. The number of amides is 1. The molecule has 2 aliphatic heterocycles. The van der Waals surface area contributed by atoms with Gasteiger partial charge in [-0.3, -0.25) is 9.69 Å². The first-order chi connectivity index (χ1) is 17.2. The van der Waals surface area contributed by atoms with E-state index >= 15 is 0 Å². The van der Waals surface area contributed by atoms with Gasteiger partial charge in [0.15, 0.2) is 15.0 Å². The van der Waals surface area contributed by atoms with Crippen LogP contribution in [0.3, 0.4) is 0 Å². The molecule has 0 spiro atoms. The van der Waals surface area contributed by atoms with E-state index in [0.29, 0.717) is 22.7 Å². The topological polar surface area (TPSA) is 88.6 Å². The van der Waals surface area contributed by atoms with Crippen LogP contribution in [0.25, 0.3) is 0 Å². The van der Waals surface area contributed by atoms with Crippen molar-refractivity contribution >= 4 is 43.8 Å². The molecular weight excluding hydrogens is 518 g/mol. The van der Waals surface area contributed by atoms with Gasteiger partial charge in [0.05, 0.1) is 34.8 Å². The van der Waals surface area contributed by atoms with Crippen molar-refractivity contribution in [2.75, 3.05) is 17.7 Å². The molecule has 10 heteroatoms. The van der Waals surface area contributed by atoms with Crippen LogP contribution in [0.5, 0.6) is 5.75 Å². The Kier molecular flexibility index (Phi) is 6.84. The summed E-state index contributed by atoms with van der Waals surface area (Å²) in [5.74, 6) is 1.03. The maximum Gasteiger partial charge on any atom is 0.230 e. The number of nitrogens with zero attached hydrogens (tertiary/aromatic N) is 2. The van der Waals surface area contributed by atoms with Crippen LogP contribution >= 0.6 is 22.9 Å². The van der Waals surface area contributed by atoms with E-state index in [1.165, 1.54) is 11.3 Å². The summed E-state index contributed by atoms with van der Waals surface area (Å²) in [5.41, 5.74) is 2.91. The predicted octanol–water partition coefficient (Wildman–Crippen LogP) is 5.42. The number of carbonyl (C=O) groups excluding carboxylic acids is 1. The lowest BCUT2D eigenvalue weighted by Crippen LogP contribution is -2.31. The lowest BCUT2D eigenvalue weighted by Gasteiger charge is -2.32. The van der Waals surface area contributed by atoms with Gasteiger partial charge >= 0.3 is 0 Å². The monoisotopic (exact) mass is 545 g/mol. The number of ether oxygens (including phenoxy) is 1. The summed E-state index contributed by atoms with van der Waals surface area (Å²) in [6, 6.07) is 12.5. The van der Waals surface area contributed by atoms with Crippen LogP contribution in [0.1, 0.15) is 54.6 Å². The Morgan fingerprint density at radius 3 is 2.69 bits per heavy atom. The van der Waals surface area contributed by atoms with Crippen molar-refractivity contribution in [2.45, 2.75) is 50.7 Å². The second-order valence-electron chi connectivity index (χ2n) is 9.47. The van der Waals surface area contributed by atoms with Gasteiger partial charge in [-0.25, -0.2) is 13.4 Å². The number of carbonyl (C=O) groups is 1. The van der Waals surface area contributed by atoms with Gasteiger partial charge in [0.1, 0.15) is 12.4 Å². The SMILES string of the molecule is CCS(=O)(=O)c1ccc(CC(=O)Nc2nc3c(s2)CN([C@H]2COc4cc(Cl)ccc42)C3C(C)C)cc1. The molecule has 0 bridgehead atoms. The fraction of sp³-hybridized carbons (Fsp3) is 0.385. The normalized spacial score (nSPS) is 19.2. The van der Waals surface area contributed by atoms with Crippen molar-refractivity contribution in [3.05, 3.63) is 69.2 Å². The molecule has 0 saturated heterocycles. The van der Waals surface area contributed by atoms with E-state index in [0.717, 1.165) is 34.0 Å². The number of hydrogen-bond donors (Lipinski definition) is 1. The molecule has 2 aliphatic rings. The van der Waals surface area contributed by atoms with Gasteiger partial charge < -0.3 is 10.1 Å². The first-order valence-electron chi connectivity index (χ1n) is 12.0. The van der Waals surface area contributed by atoms with Crippen LogP contribution in [-0.4, -0.2) is 36.6 Å². The van der Waals surface area contributed by atoms with Gasteiger partial charge in [-0.2, -0.15) is 0 Å². The molecule has 0 saturated carbocycles. The number of rotatable bonds is 7. The number of fused-ring (bicyclic) bond motifs is 2. The lowest BCUT2D eigenvalue weighted by atomic mass is 9.98. The largest absolute Gasteiger partial charge is 0.491 e. The second-order valence-corrected chi connectivity index (χ2v) is 13.3. The number of hydrogen-bond acceptors (Lipinski definition) is 7. The summed E-state index contributed by atoms with van der Waals surface area (Å²) in [4.78, 5) is 21.4. The highest BCUT2D eigenvalue weighted by Gasteiger charge is 2.42. The number of halogens is 1. The van der Waals surface area contributed by atoms with Crippen molar-refractivity contribution in [3.8, 4) is 5.75 Å². The number of benzene rings is 2. The molecule has 1 unspecified atom stereocenters. The number of thiazole rings is 1. The van der Waals surface area contributed by atoms with Crippen molar-refractivity contribution in [3.63, 3.8) is 0 Å². The van der Waals surface area contributed by atoms with Crippen LogP contribution in [-0.2, 0) is 27.6 Å². The molecule has 3 aromatic rings. The Hall–Kier alpha value is -2.46. The molecule has 0 fully saturated rings. The number of nitrogens with one attached hydrogen (secondary N) is 1. The highest BCUT2D eigenvalue weighted by Crippen LogP contribution is 2.49. The van der Waals surface area contributed by atoms with Gasteiger partial charge in [-0.05, 0) is 35.7 Å². The first-order valence-corrected chi connectivity index (χ1v) is 14.8. The molecule has 3 heterocycles. The molecule has 1 aromatic heterocycles. The fourth-order valence-corrected chi connectivity index (χ4v) is 7.03. The van der Waals surface area contributed by atoms with Crippen LogP contribution in [0.2, 0.25) is 5.02 Å². The van der Waals surface area contributed by atoms with Crippen LogP contribution in [0.4, 0.5) is 5.13 Å². The smallest absolute Gasteiger partial charge is 0.230 e. The third kappa shape index (κ3) is 4.77. The van der Waals surface area contributed by atoms with E-state index in [4.69, 9.17) is 21.3 Å². The number of anilines is 1. The molecular formula is C26H28ClN3O4S2. The minimum absolute atomic E-state index is 0.0466. The van der Waals surface area contributed by atoms with Gasteiger partial charge in [0, 0.05) is 22.0 Å². The Bertz CT molecular complexity index is 1400. The third-order valence-corrected chi connectivity index (χ3v) is 9.68. The number of sulfone groups is 1. The van der Waals surface area contributed by atoms with Crippen LogP contribution in [0.15, 0.2) is 47.4 Å². The van der Waals surface area contributed by atoms with Gasteiger partial charge in [-0.15, -0.1) is 11.3 Å². The maximum absolute atomic E-state index is 12.7. The molecule has 0 aliphatic carbocycles. The van der Waals surface area contributed by atoms with E-state index in [2.05, 4.69) is 24.1 Å². The lowest BCUT2D eigenvalue weighted by molar-refractivity contribution is -0.115. The number of aromatic nitrogens is 1. The summed E-state index contributed by atoms with van der Waals surface area (Å²) in [5, 5.41) is 4.19. The standard InChI is InChI=1S/C26H28ClN3O4S2/c1-4-36(32,33)18-8-5-16(6-9-18)11-23(31)28-26-29-24-22(35-26)13-30(25(24)15(2)3)20-14-34-21-12-17(27)7-10-19(20)21/h5-10,12,15,20,25H,4,11,13-14H2,1-3H3,(H,28,29,31)/t20-,25?/m0/s1. The molecule has 5 rings (SSSR count). The maximum atomic E-state index is 12.7. The molecule has 36 heavy (non-hydrogen) atoms. The zero-order chi connectivity index (χ0) is 25.6. The molecule has 2 aromatic carbocycles. The van der Waals surface area contributed by atoms with E-state index in [1.807, 2.05) is 18.2 Å². The Morgan fingerprint density at radius 2 is 2.00 bits per heavy atom. The fourth-order valence-electron chi connectivity index (χ4n) is 4.96. The Labute approximate surface area is 220 Å². The predicted molar refractivity (Wildman–Crippen MR) is 141 cm³/mol. The highest BCUT2D eigenvalue weighted by atomic mass is 35.5.